The molecule has 11 nitrogen and oxygen atoms in total. The van der Waals surface area contributed by atoms with Crippen LogP contribution >= 0.6 is 0 Å². The van der Waals surface area contributed by atoms with Crippen molar-refractivity contribution in [3.05, 3.63) is 46.8 Å². The van der Waals surface area contributed by atoms with Crippen LogP contribution in [0.4, 0.5) is 19.0 Å². The zero-order valence-electron chi connectivity index (χ0n) is 18.2. The molecule has 0 radical (unpaired) electrons. The Morgan fingerprint density at radius 2 is 2.09 bits per heavy atom. The van der Waals surface area contributed by atoms with Gasteiger partial charge in [0.25, 0.3) is 5.91 Å². The Bertz CT molecular complexity index is 1180. The molecule has 0 spiro atoms. The van der Waals surface area contributed by atoms with E-state index in [1.54, 1.807) is 0 Å². The first kappa shape index (κ1) is 23.4. The number of amides is 1. The van der Waals surface area contributed by atoms with Crippen molar-refractivity contribution >= 4 is 17.9 Å². The highest BCUT2D eigenvalue weighted by Crippen LogP contribution is 2.29. The third-order valence-electron chi connectivity index (χ3n) is 5.52. The zero-order valence-corrected chi connectivity index (χ0v) is 18.2. The SMILES string of the molecule is CC1CCN(Cc2c(C(=O)N/N=C/c3cccc(C(F)(F)F)c3)nnn2-c2nonc2N)CC1. The van der Waals surface area contributed by atoms with Gasteiger partial charge in [0.2, 0.25) is 11.6 Å². The normalized spacial score (nSPS) is 15.8. The summed E-state index contributed by atoms with van der Waals surface area (Å²) in [5.74, 6) is -0.000148. The summed E-state index contributed by atoms with van der Waals surface area (Å²) in [7, 11) is 0. The molecule has 1 saturated heterocycles. The number of rotatable bonds is 6. The molecular weight excluding hydrogens is 455 g/mol. The number of nitrogens with two attached hydrogens (primary N) is 1. The average Bonchev–Trinajstić information content (AvgIpc) is 3.40. The largest absolute Gasteiger partial charge is 0.416 e. The van der Waals surface area contributed by atoms with Crippen molar-refractivity contribution in [1.29, 1.82) is 0 Å². The zero-order chi connectivity index (χ0) is 24.3. The molecule has 14 heteroatoms. The van der Waals surface area contributed by atoms with Gasteiger partial charge in [0.15, 0.2) is 5.69 Å². The second kappa shape index (κ2) is 9.59. The van der Waals surface area contributed by atoms with Gasteiger partial charge in [-0.05, 0) is 59.9 Å². The molecule has 3 N–H and O–H groups in total. The Hall–Kier alpha value is -3.81. The molecule has 1 aromatic carbocycles. The third kappa shape index (κ3) is 5.22. The van der Waals surface area contributed by atoms with Crippen LogP contribution < -0.4 is 11.2 Å². The maximum atomic E-state index is 12.9. The highest BCUT2D eigenvalue weighted by Gasteiger charge is 2.30. The number of carbonyl (C=O) groups excluding carboxylic acids is 1. The number of hydrogen-bond acceptors (Lipinski definition) is 9. The first-order chi connectivity index (χ1) is 16.2. The summed E-state index contributed by atoms with van der Waals surface area (Å²) in [5.41, 5.74) is 7.81. The lowest BCUT2D eigenvalue weighted by atomic mass is 9.99. The fourth-order valence-electron chi connectivity index (χ4n) is 3.57. The molecule has 34 heavy (non-hydrogen) atoms. The van der Waals surface area contributed by atoms with Crippen LogP contribution in [-0.2, 0) is 12.7 Å². The lowest BCUT2D eigenvalue weighted by Crippen LogP contribution is -2.34. The first-order valence-corrected chi connectivity index (χ1v) is 10.5. The number of nitrogens with zero attached hydrogens (tertiary/aromatic N) is 7. The molecule has 0 unspecified atom stereocenters. The lowest BCUT2D eigenvalue weighted by molar-refractivity contribution is -0.137. The van der Waals surface area contributed by atoms with Gasteiger partial charge in [-0.1, -0.05) is 24.3 Å². The van der Waals surface area contributed by atoms with Crippen molar-refractivity contribution in [2.24, 2.45) is 11.0 Å². The van der Waals surface area contributed by atoms with E-state index in [9.17, 15) is 18.0 Å². The van der Waals surface area contributed by atoms with Crippen molar-refractivity contribution in [2.45, 2.75) is 32.5 Å². The summed E-state index contributed by atoms with van der Waals surface area (Å²) in [5, 5.41) is 19.0. The maximum absolute atomic E-state index is 12.9. The van der Waals surface area contributed by atoms with Crippen LogP contribution in [-0.4, -0.2) is 55.4 Å². The summed E-state index contributed by atoms with van der Waals surface area (Å²) in [4.78, 5) is 15.0. The van der Waals surface area contributed by atoms with Crippen LogP contribution in [0, 0.1) is 5.92 Å². The smallest absolute Gasteiger partial charge is 0.378 e. The number of alkyl halides is 3. The Balaban J connectivity index is 1.54. The average molecular weight is 477 g/mol. The second-order valence-electron chi connectivity index (χ2n) is 8.05. The number of aromatic nitrogens is 5. The third-order valence-corrected chi connectivity index (χ3v) is 5.52. The Morgan fingerprint density at radius 1 is 1.32 bits per heavy atom. The molecule has 0 bridgehead atoms. The molecule has 0 atom stereocenters. The van der Waals surface area contributed by atoms with Crippen molar-refractivity contribution in [3.63, 3.8) is 0 Å². The summed E-state index contributed by atoms with van der Waals surface area (Å²) < 4.78 is 44.6. The standard InChI is InChI=1S/C20H22F3N9O2/c1-12-5-7-31(8-6-12)11-15-16(26-30-32(15)18-17(24)28-34-29-18)19(33)27-25-10-13-3-2-4-14(9-13)20(21,22)23/h2-4,9-10,12H,5-8,11H2,1H3,(H2,24,28)(H,27,33)/b25-10+. The Morgan fingerprint density at radius 3 is 2.76 bits per heavy atom. The van der Waals surface area contributed by atoms with Crippen LogP contribution in [0.5, 0.6) is 0 Å². The number of benzene rings is 1. The molecule has 1 aliphatic heterocycles. The Labute approximate surface area is 191 Å². The Kier molecular flexibility index (Phi) is 6.58. The van der Waals surface area contributed by atoms with Crippen LogP contribution in [0.15, 0.2) is 34.0 Å². The molecule has 1 fully saturated rings. The van der Waals surface area contributed by atoms with E-state index in [2.05, 4.69) is 47.6 Å². The van der Waals surface area contributed by atoms with Crippen LogP contribution in [0.2, 0.25) is 0 Å². The number of hydrazone groups is 1. The number of anilines is 1. The number of nitrogens with one attached hydrogen (secondary N) is 1. The molecule has 1 amide bonds. The van der Waals surface area contributed by atoms with Crippen LogP contribution in [0.1, 0.15) is 47.1 Å². The molecule has 2 aromatic heterocycles. The molecule has 4 rings (SSSR count). The van der Waals surface area contributed by atoms with E-state index in [-0.39, 0.29) is 22.9 Å². The fraction of sp³-hybridized carbons (Fsp3) is 0.400. The summed E-state index contributed by atoms with van der Waals surface area (Å²) in [6.45, 7) is 4.18. The minimum absolute atomic E-state index is 0.0204. The van der Waals surface area contributed by atoms with Gasteiger partial charge in [-0.3, -0.25) is 9.69 Å². The van der Waals surface area contributed by atoms with Crippen LogP contribution in [0.25, 0.3) is 5.82 Å². The van der Waals surface area contributed by atoms with Gasteiger partial charge in [0.1, 0.15) is 0 Å². The lowest BCUT2D eigenvalue weighted by Gasteiger charge is -2.30. The molecule has 3 heterocycles. The highest BCUT2D eigenvalue weighted by atomic mass is 19.4. The van der Waals surface area contributed by atoms with Gasteiger partial charge < -0.3 is 5.73 Å². The van der Waals surface area contributed by atoms with Gasteiger partial charge in [0, 0.05) is 6.54 Å². The highest BCUT2D eigenvalue weighted by molar-refractivity contribution is 5.94. The number of piperidine rings is 1. The van der Waals surface area contributed by atoms with Gasteiger partial charge in [0.05, 0.1) is 17.5 Å². The second-order valence-corrected chi connectivity index (χ2v) is 8.05. The summed E-state index contributed by atoms with van der Waals surface area (Å²) >= 11 is 0. The number of hydrogen-bond donors (Lipinski definition) is 2. The topological polar surface area (TPSA) is 140 Å². The van der Waals surface area contributed by atoms with E-state index in [0.29, 0.717) is 18.2 Å². The number of halogens is 3. The number of likely N-dealkylation sites (tertiary alicyclic amines) is 1. The monoisotopic (exact) mass is 477 g/mol. The van der Waals surface area contributed by atoms with E-state index >= 15 is 0 Å². The molecule has 0 saturated carbocycles. The minimum atomic E-state index is -4.48. The molecule has 180 valence electrons. The van der Waals surface area contributed by atoms with Gasteiger partial charge >= 0.3 is 6.18 Å². The van der Waals surface area contributed by atoms with E-state index in [1.165, 1.54) is 16.8 Å². The number of carbonyl (C=O) groups is 1. The van der Waals surface area contributed by atoms with Gasteiger partial charge in [-0.25, -0.2) is 10.1 Å². The van der Waals surface area contributed by atoms with Gasteiger partial charge in [-0.2, -0.15) is 23.0 Å². The van der Waals surface area contributed by atoms with Crippen molar-refractivity contribution in [2.75, 3.05) is 18.8 Å². The van der Waals surface area contributed by atoms with Gasteiger partial charge in [-0.15, -0.1) is 5.10 Å². The summed E-state index contributed by atoms with van der Waals surface area (Å²) in [6.07, 6.45) is -1.34. The molecule has 0 aliphatic carbocycles. The minimum Gasteiger partial charge on any atom is -0.378 e. The molecule has 1 aliphatic rings. The number of nitrogen functional groups attached to an aromatic ring is 1. The van der Waals surface area contributed by atoms with E-state index in [4.69, 9.17) is 5.73 Å². The van der Waals surface area contributed by atoms with Crippen LogP contribution in [0.3, 0.4) is 0 Å². The molecular formula is C20H22F3N9O2. The van der Waals surface area contributed by atoms with Crippen molar-refractivity contribution in [1.82, 2.24) is 35.6 Å². The summed E-state index contributed by atoms with van der Waals surface area (Å²) in [6, 6.07) is 4.57. The first-order valence-electron chi connectivity index (χ1n) is 10.5. The van der Waals surface area contributed by atoms with Crippen molar-refractivity contribution in [3.8, 4) is 5.82 Å². The predicted octanol–water partition coefficient (Wildman–Crippen LogP) is 2.25. The fourth-order valence-corrected chi connectivity index (χ4v) is 3.57. The maximum Gasteiger partial charge on any atom is 0.416 e. The van der Waals surface area contributed by atoms with E-state index < -0.39 is 17.6 Å². The molecule has 3 aromatic rings. The quantitative estimate of drug-likeness (QED) is 0.407. The van der Waals surface area contributed by atoms with E-state index in [0.717, 1.165) is 44.3 Å². The van der Waals surface area contributed by atoms with E-state index in [1.807, 2.05) is 0 Å². The predicted molar refractivity (Wildman–Crippen MR) is 114 cm³/mol. The van der Waals surface area contributed by atoms with Crippen molar-refractivity contribution < 1.29 is 22.6 Å².